The number of nitrogens with two attached hydrogens (primary N) is 1. The summed E-state index contributed by atoms with van der Waals surface area (Å²) in [6, 6.07) is 3.98. The number of carbonyl (C=O) groups is 1. The van der Waals surface area contributed by atoms with Gasteiger partial charge in [-0.15, -0.1) is 0 Å². The first-order valence-corrected chi connectivity index (χ1v) is 6.71. The minimum Gasteiger partial charge on any atom is -0.506 e. The molecule has 0 spiro atoms. The first-order chi connectivity index (χ1) is 11.8. The second kappa shape index (κ2) is 6.25. The molecule has 0 aliphatic heterocycles. The van der Waals surface area contributed by atoms with E-state index in [4.69, 9.17) is 11.0 Å². The molecule has 3 N–H and O–H groups in total. The molecule has 0 aromatic heterocycles. The Morgan fingerprint density at radius 2 is 1.46 bits per heavy atom. The van der Waals surface area contributed by atoms with Gasteiger partial charge in [0, 0.05) is 5.56 Å². The van der Waals surface area contributed by atoms with E-state index in [2.05, 4.69) is 0 Å². The average Bonchev–Trinajstić information content (AvgIpc) is 2.52. The number of nitriles is 1. The van der Waals surface area contributed by atoms with Gasteiger partial charge in [0.25, 0.3) is 5.91 Å². The molecular weight excluding hydrogens is 366 g/mol. The number of carbonyl (C=O) groups excluding carboxylic acids is 1. The topological polar surface area (TPSA) is 87.1 Å². The maximum absolute atomic E-state index is 12.9. The molecule has 0 fully saturated rings. The molecule has 0 bridgehead atoms. The third kappa shape index (κ3) is 3.72. The van der Waals surface area contributed by atoms with E-state index in [1.807, 2.05) is 0 Å². The summed E-state index contributed by atoms with van der Waals surface area (Å²) in [7, 11) is 0. The van der Waals surface area contributed by atoms with Gasteiger partial charge < -0.3 is 10.8 Å². The van der Waals surface area contributed by atoms with Crippen LogP contribution in [0, 0.1) is 11.3 Å². The third-order valence-electron chi connectivity index (χ3n) is 3.40. The monoisotopic (exact) mass is 374 g/mol. The molecule has 2 rings (SSSR count). The summed E-state index contributed by atoms with van der Waals surface area (Å²) < 4.78 is 77.7. The van der Waals surface area contributed by atoms with Crippen LogP contribution in [0.4, 0.5) is 26.3 Å². The number of benzene rings is 2. The molecule has 0 saturated heterocycles. The van der Waals surface area contributed by atoms with E-state index in [0.29, 0.717) is 12.1 Å². The maximum atomic E-state index is 12.9. The summed E-state index contributed by atoms with van der Waals surface area (Å²) in [6.07, 6.45) is -10.2. The van der Waals surface area contributed by atoms with Crippen LogP contribution in [-0.2, 0) is 12.4 Å². The summed E-state index contributed by atoms with van der Waals surface area (Å²) in [5, 5.41) is 19.0. The molecule has 2 aromatic rings. The fourth-order valence-corrected chi connectivity index (χ4v) is 2.22. The Labute approximate surface area is 142 Å². The third-order valence-corrected chi connectivity index (χ3v) is 3.40. The molecule has 10 heteroatoms. The maximum Gasteiger partial charge on any atom is 0.416 e. The molecule has 0 unspecified atom stereocenters. The van der Waals surface area contributed by atoms with E-state index in [0.717, 1.165) is 12.1 Å². The Balaban J connectivity index is 2.86. The molecule has 4 nitrogen and oxygen atoms in total. The first kappa shape index (κ1) is 19.1. The van der Waals surface area contributed by atoms with E-state index >= 15 is 0 Å². The van der Waals surface area contributed by atoms with Gasteiger partial charge in [0.15, 0.2) is 0 Å². The second-order valence-corrected chi connectivity index (χ2v) is 5.19. The quantitative estimate of drug-likeness (QED) is 0.777. The van der Waals surface area contributed by atoms with Crippen molar-refractivity contribution < 1.29 is 36.2 Å². The van der Waals surface area contributed by atoms with Crippen LogP contribution in [0.3, 0.4) is 0 Å². The molecule has 0 radical (unpaired) electrons. The fraction of sp³-hybridized carbons (Fsp3) is 0.125. The number of hydrogen-bond donors (Lipinski definition) is 2. The Hall–Kier alpha value is -3.22. The number of alkyl halides is 6. The van der Waals surface area contributed by atoms with Crippen molar-refractivity contribution in [1.29, 1.82) is 5.26 Å². The van der Waals surface area contributed by atoms with Crippen LogP contribution >= 0.6 is 0 Å². The summed E-state index contributed by atoms with van der Waals surface area (Å²) in [6.45, 7) is 0. The minimum atomic E-state index is -5.09. The molecule has 2 aromatic carbocycles. The van der Waals surface area contributed by atoms with Gasteiger partial charge in [-0.1, -0.05) is 0 Å². The van der Waals surface area contributed by atoms with Gasteiger partial charge in [0.2, 0.25) is 0 Å². The normalized spacial score (nSPS) is 11.9. The lowest BCUT2D eigenvalue weighted by Gasteiger charge is -2.16. The van der Waals surface area contributed by atoms with Crippen molar-refractivity contribution in [3.63, 3.8) is 0 Å². The van der Waals surface area contributed by atoms with E-state index < -0.39 is 51.8 Å². The summed E-state index contributed by atoms with van der Waals surface area (Å²) in [4.78, 5) is 11.3. The van der Waals surface area contributed by atoms with Gasteiger partial charge in [-0.2, -0.15) is 31.6 Å². The number of rotatable bonds is 2. The zero-order valence-electron chi connectivity index (χ0n) is 12.5. The summed E-state index contributed by atoms with van der Waals surface area (Å²) >= 11 is 0. The number of halogens is 6. The van der Waals surface area contributed by atoms with Crippen LogP contribution in [-0.4, -0.2) is 11.0 Å². The van der Waals surface area contributed by atoms with Crippen LogP contribution in [0.2, 0.25) is 0 Å². The molecule has 26 heavy (non-hydrogen) atoms. The predicted molar refractivity (Wildman–Crippen MR) is 76.8 cm³/mol. The molecule has 136 valence electrons. The number of hydrogen-bond acceptors (Lipinski definition) is 3. The zero-order valence-corrected chi connectivity index (χ0v) is 12.5. The van der Waals surface area contributed by atoms with E-state index in [9.17, 15) is 36.2 Å². The molecule has 1 amide bonds. The number of phenols is 1. The van der Waals surface area contributed by atoms with Crippen LogP contribution in [0.1, 0.15) is 27.0 Å². The Morgan fingerprint density at radius 3 is 1.85 bits per heavy atom. The van der Waals surface area contributed by atoms with Crippen molar-refractivity contribution in [1.82, 2.24) is 0 Å². The van der Waals surface area contributed by atoms with Crippen LogP contribution in [0.15, 0.2) is 30.3 Å². The summed E-state index contributed by atoms with van der Waals surface area (Å²) in [5.41, 5.74) is -0.322. The van der Waals surface area contributed by atoms with Crippen LogP contribution < -0.4 is 5.73 Å². The Kier molecular flexibility index (Phi) is 4.60. The van der Waals surface area contributed by atoms with Gasteiger partial charge in [-0.05, 0) is 35.9 Å². The fourth-order valence-electron chi connectivity index (χ4n) is 2.22. The molecule has 0 saturated carbocycles. The Bertz CT molecular complexity index is 894. The van der Waals surface area contributed by atoms with Gasteiger partial charge in [-0.3, -0.25) is 4.79 Å². The highest BCUT2D eigenvalue weighted by Crippen LogP contribution is 2.41. The van der Waals surface area contributed by atoms with Crippen molar-refractivity contribution in [2.24, 2.45) is 5.73 Å². The van der Waals surface area contributed by atoms with Crippen molar-refractivity contribution in [2.45, 2.75) is 12.4 Å². The summed E-state index contributed by atoms with van der Waals surface area (Å²) in [5.74, 6) is -2.13. The van der Waals surface area contributed by atoms with Gasteiger partial charge in [0.1, 0.15) is 5.75 Å². The van der Waals surface area contributed by atoms with E-state index in [-0.39, 0.29) is 11.6 Å². The molecule has 0 aliphatic carbocycles. The van der Waals surface area contributed by atoms with E-state index in [1.54, 1.807) is 6.07 Å². The van der Waals surface area contributed by atoms with Crippen molar-refractivity contribution in [2.75, 3.05) is 0 Å². The van der Waals surface area contributed by atoms with Gasteiger partial charge in [0.05, 0.1) is 28.3 Å². The highest BCUT2D eigenvalue weighted by Gasteiger charge is 2.37. The zero-order chi connectivity index (χ0) is 19.9. The first-order valence-electron chi connectivity index (χ1n) is 6.71. The highest BCUT2D eigenvalue weighted by molar-refractivity contribution is 5.98. The predicted octanol–water partition coefficient (Wildman–Crippen LogP) is 4.07. The number of aromatic hydroxyl groups is 1. The number of nitrogens with zero attached hydrogens (tertiary/aromatic N) is 1. The lowest BCUT2D eigenvalue weighted by Crippen LogP contribution is -2.13. The largest absolute Gasteiger partial charge is 0.506 e. The standard InChI is InChI=1S/C16H8F6N2O2/c17-15(18,19)9-3-8(4-10(5-9)16(20,21)22)11-1-7(6-23)2-12(13(11)25)14(24)26/h1-5,25H,(H2,24,26). The highest BCUT2D eigenvalue weighted by atomic mass is 19.4. The van der Waals surface area contributed by atoms with Crippen molar-refractivity contribution in [3.05, 3.63) is 52.6 Å². The molecular formula is C16H8F6N2O2. The SMILES string of the molecule is N#Cc1cc(C(N)=O)c(O)c(-c2cc(C(F)(F)F)cc(C(F)(F)F)c2)c1. The Morgan fingerprint density at radius 1 is 0.962 bits per heavy atom. The smallest absolute Gasteiger partial charge is 0.416 e. The van der Waals surface area contributed by atoms with E-state index in [1.165, 1.54) is 0 Å². The molecule has 0 aliphatic rings. The average molecular weight is 374 g/mol. The van der Waals surface area contributed by atoms with Crippen LogP contribution in [0.5, 0.6) is 5.75 Å². The van der Waals surface area contributed by atoms with Gasteiger partial charge in [-0.25, -0.2) is 0 Å². The molecule has 0 heterocycles. The lowest BCUT2D eigenvalue weighted by atomic mass is 9.95. The molecule has 0 atom stereocenters. The van der Waals surface area contributed by atoms with Crippen molar-refractivity contribution >= 4 is 5.91 Å². The number of amides is 1. The van der Waals surface area contributed by atoms with Crippen LogP contribution in [0.25, 0.3) is 11.1 Å². The van der Waals surface area contributed by atoms with Gasteiger partial charge >= 0.3 is 12.4 Å². The number of primary amides is 1. The van der Waals surface area contributed by atoms with Crippen molar-refractivity contribution in [3.8, 4) is 22.9 Å². The lowest BCUT2D eigenvalue weighted by molar-refractivity contribution is -0.143. The minimum absolute atomic E-state index is 0.0797. The second-order valence-electron chi connectivity index (χ2n) is 5.19.